The van der Waals surface area contributed by atoms with Crippen LogP contribution in [0, 0.1) is 0 Å². The molecule has 5 heteroatoms. The van der Waals surface area contributed by atoms with Crippen LogP contribution in [0.25, 0.3) is 0 Å². The molecule has 0 unspecified atom stereocenters. The Morgan fingerprint density at radius 3 is 2.48 bits per heavy atom. The molecule has 2 aliphatic rings. The summed E-state index contributed by atoms with van der Waals surface area (Å²) in [6.45, 7) is 2.70. The summed E-state index contributed by atoms with van der Waals surface area (Å²) in [5, 5.41) is 10.5. The van der Waals surface area contributed by atoms with E-state index < -0.39 is 5.60 Å². The van der Waals surface area contributed by atoms with E-state index in [0.717, 1.165) is 53.8 Å². The Labute approximate surface area is 134 Å². The Kier molecular flexibility index (Phi) is 4.43. The third-order valence-electron chi connectivity index (χ3n) is 4.25. The van der Waals surface area contributed by atoms with E-state index in [-0.39, 0.29) is 0 Å². The second kappa shape index (κ2) is 6.15. The molecule has 0 bridgehead atoms. The number of hydrogen-bond acceptors (Lipinski definition) is 4. The van der Waals surface area contributed by atoms with Crippen molar-refractivity contribution in [1.82, 2.24) is 4.90 Å². The molecule has 0 aromatic heterocycles. The Morgan fingerprint density at radius 2 is 1.81 bits per heavy atom. The molecule has 4 nitrogen and oxygen atoms in total. The number of aliphatic hydroxyl groups is 1. The third kappa shape index (κ3) is 3.52. The number of hydrogen-bond donors (Lipinski definition) is 1. The highest BCUT2D eigenvalue weighted by Crippen LogP contribution is 2.36. The molecule has 1 N–H and O–H groups in total. The largest absolute Gasteiger partial charge is 0.486 e. The predicted molar refractivity (Wildman–Crippen MR) is 84.9 cm³/mol. The first kappa shape index (κ1) is 15.1. The molecule has 0 atom stereocenters. The van der Waals surface area contributed by atoms with Gasteiger partial charge in [0, 0.05) is 17.6 Å². The van der Waals surface area contributed by atoms with Crippen LogP contribution in [0.2, 0.25) is 0 Å². The van der Waals surface area contributed by atoms with Gasteiger partial charge in [0.1, 0.15) is 13.2 Å². The number of nitrogens with zero attached hydrogens (tertiary/aromatic N) is 1. The van der Waals surface area contributed by atoms with Gasteiger partial charge in [0.25, 0.3) is 0 Å². The van der Waals surface area contributed by atoms with Crippen molar-refractivity contribution in [2.75, 3.05) is 26.8 Å². The van der Waals surface area contributed by atoms with Gasteiger partial charge in [0.05, 0.1) is 5.60 Å². The molecule has 116 valence electrons. The standard InChI is InChI=1S/C16H22BrNO3/c1-18(11-16(19)4-2-3-5-16)10-12-8-14-15(9-13(12)17)21-7-6-20-14/h8-9,19H,2-7,10-11H2,1H3. The maximum absolute atomic E-state index is 10.5. The number of ether oxygens (including phenoxy) is 2. The van der Waals surface area contributed by atoms with Crippen molar-refractivity contribution in [1.29, 1.82) is 0 Å². The molecule has 1 aliphatic carbocycles. The van der Waals surface area contributed by atoms with Crippen molar-refractivity contribution < 1.29 is 14.6 Å². The van der Waals surface area contributed by atoms with Gasteiger partial charge < -0.3 is 14.6 Å². The van der Waals surface area contributed by atoms with Crippen molar-refractivity contribution in [3.63, 3.8) is 0 Å². The van der Waals surface area contributed by atoms with Gasteiger partial charge in [-0.15, -0.1) is 0 Å². The Balaban J connectivity index is 1.69. The molecule has 0 radical (unpaired) electrons. The fraction of sp³-hybridized carbons (Fsp3) is 0.625. The zero-order valence-corrected chi connectivity index (χ0v) is 14.0. The predicted octanol–water partition coefficient (Wildman–Crippen LogP) is 2.96. The molecule has 0 saturated heterocycles. The first-order valence-electron chi connectivity index (χ1n) is 7.55. The van der Waals surface area contributed by atoms with E-state index in [4.69, 9.17) is 9.47 Å². The van der Waals surface area contributed by atoms with Gasteiger partial charge in [-0.1, -0.05) is 28.8 Å². The van der Waals surface area contributed by atoms with Crippen LogP contribution >= 0.6 is 15.9 Å². The molecule has 1 aliphatic heterocycles. The van der Waals surface area contributed by atoms with Crippen molar-refractivity contribution in [3.8, 4) is 11.5 Å². The van der Waals surface area contributed by atoms with E-state index >= 15 is 0 Å². The van der Waals surface area contributed by atoms with E-state index in [9.17, 15) is 5.11 Å². The van der Waals surface area contributed by atoms with E-state index in [0.29, 0.717) is 19.8 Å². The summed E-state index contributed by atoms with van der Waals surface area (Å²) >= 11 is 3.61. The topological polar surface area (TPSA) is 41.9 Å². The number of benzene rings is 1. The first-order chi connectivity index (χ1) is 10.1. The van der Waals surface area contributed by atoms with E-state index in [1.54, 1.807) is 0 Å². The fourth-order valence-corrected chi connectivity index (χ4v) is 3.72. The quantitative estimate of drug-likeness (QED) is 0.901. The molecule has 21 heavy (non-hydrogen) atoms. The van der Waals surface area contributed by atoms with Crippen LogP contribution in [0.1, 0.15) is 31.2 Å². The number of rotatable bonds is 4. The molecule has 3 rings (SSSR count). The van der Waals surface area contributed by atoms with Crippen molar-refractivity contribution in [2.45, 2.75) is 37.8 Å². The first-order valence-corrected chi connectivity index (χ1v) is 8.34. The summed E-state index contributed by atoms with van der Waals surface area (Å²) in [5.74, 6) is 1.61. The van der Waals surface area contributed by atoms with Crippen LogP contribution in [0.15, 0.2) is 16.6 Å². The summed E-state index contributed by atoms with van der Waals surface area (Å²) < 4.78 is 12.2. The van der Waals surface area contributed by atoms with Gasteiger partial charge >= 0.3 is 0 Å². The average molecular weight is 356 g/mol. The molecular formula is C16H22BrNO3. The maximum Gasteiger partial charge on any atom is 0.162 e. The van der Waals surface area contributed by atoms with Gasteiger partial charge in [-0.05, 0) is 37.6 Å². The second-order valence-corrected chi connectivity index (χ2v) is 7.05. The van der Waals surface area contributed by atoms with Crippen molar-refractivity contribution in [3.05, 3.63) is 22.2 Å². The lowest BCUT2D eigenvalue weighted by molar-refractivity contribution is 0.0144. The summed E-state index contributed by atoms with van der Waals surface area (Å²) in [5.41, 5.74) is 0.651. The van der Waals surface area contributed by atoms with Crippen LogP contribution < -0.4 is 9.47 Å². The van der Waals surface area contributed by atoms with E-state index in [2.05, 4.69) is 27.9 Å². The number of fused-ring (bicyclic) bond motifs is 1. The highest BCUT2D eigenvalue weighted by molar-refractivity contribution is 9.10. The zero-order valence-electron chi connectivity index (χ0n) is 12.4. The normalized spacial score (nSPS) is 20.0. The van der Waals surface area contributed by atoms with Gasteiger partial charge in [-0.3, -0.25) is 4.90 Å². The molecule has 0 spiro atoms. The Hall–Kier alpha value is -0.780. The van der Waals surface area contributed by atoms with Gasteiger partial charge in [-0.25, -0.2) is 0 Å². The molecule has 0 amide bonds. The maximum atomic E-state index is 10.5. The van der Waals surface area contributed by atoms with Crippen LogP contribution in [-0.2, 0) is 6.54 Å². The van der Waals surface area contributed by atoms with Crippen molar-refractivity contribution >= 4 is 15.9 Å². The van der Waals surface area contributed by atoms with Gasteiger partial charge in [0.2, 0.25) is 0 Å². The van der Waals surface area contributed by atoms with Crippen molar-refractivity contribution in [2.24, 2.45) is 0 Å². The lowest BCUT2D eigenvalue weighted by Crippen LogP contribution is -2.38. The monoisotopic (exact) mass is 355 g/mol. The minimum absolute atomic E-state index is 0.505. The summed E-state index contributed by atoms with van der Waals surface area (Å²) in [6, 6.07) is 4.01. The van der Waals surface area contributed by atoms with Crippen LogP contribution in [0.3, 0.4) is 0 Å². The van der Waals surface area contributed by atoms with Crippen LogP contribution in [0.5, 0.6) is 11.5 Å². The molecular weight excluding hydrogens is 334 g/mol. The fourth-order valence-electron chi connectivity index (χ4n) is 3.27. The minimum Gasteiger partial charge on any atom is -0.486 e. The van der Waals surface area contributed by atoms with E-state index in [1.807, 2.05) is 12.1 Å². The van der Waals surface area contributed by atoms with E-state index in [1.165, 1.54) is 0 Å². The molecule has 1 aromatic rings. The summed E-state index contributed by atoms with van der Waals surface area (Å²) in [7, 11) is 2.06. The third-order valence-corrected chi connectivity index (χ3v) is 4.99. The summed E-state index contributed by atoms with van der Waals surface area (Å²) in [6.07, 6.45) is 4.11. The second-order valence-electron chi connectivity index (χ2n) is 6.19. The van der Waals surface area contributed by atoms with Crippen LogP contribution in [-0.4, -0.2) is 42.4 Å². The lowest BCUT2D eigenvalue weighted by atomic mass is 10.0. The highest BCUT2D eigenvalue weighted by Gasteiger charge is 2.32. The molecule has 1 saturated carbocycles. The SMILES string of the molecule is CN(Cc1cc2c(cc1Br)OCCO2)CC1(O)CCCC1. The smallest absolute Gasteiger partial charge is 0.162 e. The Bertz CT molecular complexity index is 514. The summed E-state index contributed by atoms with van der Waals surface area (Å²) in [4.78, 5) is 2.18. The average Bonchev–Trinajstić information content (AvgIpc) is 2.86. The van der Waals surface area contributed by atoms with Gasteiger partial charge in [0.15, 0.2) is 11.5 Å². The number of halogens is 1. The van der Waals surface area contributed by atoms with Gasteiger partial charge in [-0.2, -0.15) is 0 Å². The van der Waals surface area contributed by atoms with Crippen LogP contribution in [0.4, 0.5) is 0 Å². The highest BCUT2D eigenvalue weighted by atomic mass is 79.9. The Morgan fingerprint density at radius 1 is 1.19 bits per heavy atom. The number of likely N-dealkylation sites (N-methyl/N-ethyl adjacent to an activating group) is 1. The molecule has 1 aromatic carbocycles. The zero-order chi connectivity index (χ0) is 14.9. The lowest BCUT2D eigenvalue weighted by Gasteiger charge is -2.29. The molecule has 1 fully saturated rings. The molecule has 1 heterocycles. The minimum atomic E-state index is -0.505.